The van der Waals surface area contributed by atoms with Gasteiger partial charge in [-0.2, -0.15) is 0 Å². The van der Waals surface area contributed by atoms with E-state index in [1.165, 1.54) is 6.42 Å². The molecule has 3 heteroatoms. The van der Waals surface area contributed by atoms with Gasteiger partial charge in [0.2, 0.25) is 0 Å². The SMILES string of the molecule is C=C/C=C(\C=C)CN(CCN(C)C)c1cccc(C=O)c1.CCC. The number of allylic oxidation sites excluding steroid dienone is 2. The summed E-state index contributed by atoms with van der Waals surface area (Å²) in [4.78, 5) is 15.3. The van der Waals surface area contributed by atoms with Gasteiger partial charge in [0.1, 0.15) is 6.29 Å². The number of rotatable bonds is 9. The maximum Gasteiger partial charge on any atom is 0.150 e. The molecule has 0 aliphatic heterocycles. The van der Waals surface area contributed by atoms with Crippen LogP contribution in [0.5, 0.6) is 0 Å². The van der Waals surface area contributed by atoms with E-state index in [1.807, 2.05) is 50.5 Å². The zero-order chi connectivity index (χ0) is 18.4. The van der Waals surface area contributed by atoms with Crippen LogP contribution in [0.3, 0.4) is 0 Å². The van der Waals surface area contributed by atoms with Crippen LogP contribution in [0.1, 0.15) is 30.6 Å². The summed E-state index contributed by atoms with van der Waals surface area (Å²) >= 11 is 0. The summed E-state index contributed by atoms with van der Waals surface area (Å²) in [7, 11) is 4.10. The molecule has 0 aromatic heterocycles. The second-order valence-corrected chi connectivity index (χ2v) is 5.83. The number of carbonyl (C=O) groups excluding carboxylic acids is 1. The van der Waals surface area contributed by atoms with Gasteiger partial charge in [-0.3, -0.25) is 4.79 Å². The van der Waals surface area contributed by atoms with Crippen LogP contribution in [-0.4, -0.2) is 44.9 Å². The van der Waals surface area contributed by atoms with Crippen molar-refractivity contribution in [2.45, 2.75) is 20.3 Å². The van der Waals surface area contributed by atoms with Gasteiger partial charge in [-0.05, 0) is 31.8 Å². The normalized spacial score (nSPS) is 10.6. The van der Waals surface area contributed by atoms with Gasteiger partial charge in [-0.25, -0.2) is 0 Å². The lowest BCUT2D eigenvalue weighted by molar-refractivity contribution is 0.112. The fourth-order valence-electron chi connectivity index (χ4n) is 1.97. The Labute approximate surface area is 148 Å². The Bertz CT molecular complexity index is 532. The third kappa shape index (κ3) is 9.11. The zero-order valence-electron chi connectivity index (χ0n) is 15.7. The van der Waals surface area contributed by atoms with Gasteiger partial charge in [0, 0.05) is 30.9 Å². The summed E-state index contributed by atoms with van der Waals surface area (Å²) in [6.07, 6.45) is 7.69. The van der Waals surface area contributed by atoms with E-state index >= 15 is 0 Å². The van der Waals surface area contributed by atoms with Gasteiger partial charge >= 0.3 is 0 Å². The molecule has 0 unspecified atom stereocenters. The fraction of sp³-hybridized carbons (Fsp3) is 0.381. The Balaban J connectivity index is 0.00000163. The summed E-state index contributed by atoms with van der Waals surface area (Å²) in [5.41, 5.74) is 2.83. The number of benzene rings is 1. The van der Waals surface area contributed by atoms with E-state index in [0.717, 1.165) is 37.2 Å². The topological polar surface area (TPSA) is 23.6 Å². The van der Waals surface area contributed by atoms with E-state index < -0.39 is 0 Å². The standard InChI is InChI=1S/C18H24N2O.C3H8/c1-5-8-16(6-2)14-20(12-11-19(3)4)18-10-7-9-17(13-18)15-21;1-3-2/h5-10,13,15H,1-2,11-12,14H2,3-4H3;3H2,1-2H3/b16-8+;. The Morgan fingerprint density at radius 3 is 2.33 bits per heavy atom. The Hall–Kier alpha value is -2.13. The highest BCUT2D eigenvalue weighted by Crippen LogP contribution is 2.17. The molecule has 0 bridgehead atoms. The van der Waals surface area contributed by atoms with Crippen LogP contribution in [0, 0.1) is 0 Å². The van der Waals surface area contributed by atoms with Crippen molar-refractivity contribution in [3.63, 3.8) is 0 Å². The highest BCUT2D eigenvalue weighted by atomic mass is 16.1. The lowest BCUT2D eigenvalue weighted by Gasteiger charge is -2.27. The maximum absolute atomic E-state index is 11.0. The molecular formula is C21H32N2O. The van der Waals surface area contributed by atoms with Crippen molar-refractivity contribution in [3.05, 3.63) is 66.8 Å². The Morgan fingerprint density at radius 1 is 1.17 bits per heavy atom. The number of nitrogens with zero attached hydrogens (tertiary/aromatic N) is 2. The summed E-state index contributed by atoms with van der Waals surface area (Å²) in [5, 5.41) is 0. The van der Waals surface area contributed by atoms with Gasteiger partial charge in [-0.1, -0.05) is 63.8 Å². The predicted molar refractivity (Wildman–Crippen MR) is 107 cm³/mol. The van der Waals surface area contributed by atoms with Crippen LogP contribution in [0.25, 0.3) is 0 Å². The molecule has 1 rings (SSSR count). The highest BCUT2D eigenvalue weighted by Gasteiger charge is 2.09. The first kappa shape index (κ1) is 21.9. The fourth-order valence-corrected chi connectivity index (χ4v) is 1.97. The van der Waals surface area contributed by atoms with Crippen molar-refractivity contribution >= 4 is 12.0 Å². The molecule has 0 spiro atoms. The summed E-state index contributed by atoms with van der Waals surface area (Å²) < 4.78 is 0. The zero-order valence-corrected chi connectivity index (χ0v) is 15.7. The molecule has 0 saturated carbocycles. The van der Waals surface area contributed by atoms with Gasteiger partial charge in [-0.15, -0.1) is 0 Å². The molecule has 1 aromatic carbocycles. The number of carbonyl (C=O) groups is 1. The molecule has 3 nitrogen and oxygen atoms in total. The molecular weight excluding hydrogens is 296 g/mol. The molecule has 0 saturated heterocycles. The van der Waals surface area contributed by atoms with Crippen molar-refractivity contribution in [1.29, 1.82) is 0 Å². The molecule has 0 aliphatic carbocycles. The van der Waals surface area contributed by atoms with Crippen LogP contribution in [0.15, 0.2) is 61.2 Å². The van der Waals surface area contributed by atoms with Crippen molar-refractivity contribution in [2.24, 2.45) is 0 Å². The molecule has 0 aliphatic rings. The van der Waals surface area contributed by atoms with Gasteiger partial charge < -0.3 is 9.80 Å². The second-order valence-electron chi connectivity index (χ2n) is 5.83. The summed E-state index contributed by atoms with van der Waals surface area (Å²) in [5.74, 6) is 0. The number of hydrogen-bond donors (Lipinski definition) is 0. The van der Waals surface area contributed by atoms with E-state index in [9.17, 15) is 4.79 Å². The number of aldehydes is 1. The molecule has 1 aromatic rings. The van der Waals surface area contributed by atoms with E-state index in [1.54, 1.807) is 6.08 Å². The van der Waals surface area contributed by atoms with E-state index in [2.05, 4.69) is 36.8 Å². The molecule has 0 heterocycles. The quantitative estimate of drug-likeness (QED) is 0.489. The average Bonchev–Trinajstić information content (AvgIpc) is 2.58. The summed E-state index contributed by atoms with van der Waals surface area (Å²) in [6, 6.07) is 7.66. The molecule has 0 atom stereocenters. The molecule has 0 radical (unpaired) electrons. The van der Waals surface area contributed by atoms with Crippen molar-refractivity contribution in [3.8, 4) is 0 Å². The molecule has 24 heavy (non-hydrogen) atoms. The third-order valence-electron chi connectivity index (χ3n) is 3.16. The monoisotopic (exact) mass is 328 g/mol. The van der Waals surface area contributed by atoms with Crippen LogP contribution >= 0.6 is 0 Å². The van der Waals surface area contributed by atoms with E-state index in [-0.39, 0.29) is 0 Å². The first-order valence-corrected chi connectivity index (χ1v) is 8.41. The maximum atomic E-state index is 11.0. The van der Waals surface area contributed by atoms with Crippen LogP contribution < -0.4 is 4.90 Å². The highest BCUT2D eigenvalue weighted by molar-refractivity contribution is 5.77. The summed E-state index contributed by atoms with van der Waals surface area (Å²) in [6.45, 7) is 14.4. The third-order valence-corrected chi connectivity index (χ3v) is 3.16. The molecule has 132 valence electrons. The Morgan fingerprint density at radius 2 is 1.83 bits per heavy atom. The number of likely N-dealkylation sites (N-methyl/N-ethyl adjacent to an activating group) is 1. The second kappa shape index (κ2) is 13.3. The minimum Gasteiger partial charge on any atom is -0.366 e. The average molecular weight is 329 g/mol. The largest absolute Gasteiger partial charge is 0.366 e. The Kier molecular flexibility index (Phi) is 12.1. The molecule has 0 amide bonds. The van der Waals surface area contributed by atoms with Gasteiger partial charge in [0.25, 0.3) is 0 Å². The minimum atomic E-state index is 0.690. The first-order chi connectivity index (χ1) is 11.5. The van der Waals surface area contributed by atoms with Crippen molar-refractivity contribution < 1.29 is 4.79 Å². The first-order valence-electron chi connectivity index (χ1n) is 8.41. The van der Waals surface area contributed by atoms with Crippen LogP contribution in [0.4, 0.5) is 5.69 Å². The van der Waals surface area contributed by atoms with Crippen LogP contribution in [0.2, 0.25) is 0 Å². The lowest BCUT2D eigenvalue weighted by atomic mass is 10.1. The predicted octanol–water partition coefficient (Wildman–Crippen LogP) is 4.58. The van der Waals surface area contributed by atoms with Crippen molar-refractivity contribution in [2.75, 3.05) is 38.6 Å². The lowest BCUT2D eigenvalue weighted by Crippen LogP contribution is -2.33. The minimum absolute atomic E-state index is 0.690. The van der Waals surface area contributed by atoms with Gasteiger partial charge in [0.05, 0.1) is 0 Å². The molecule has 0 fully saturated rings. The molecule has 0 N–H and O–H groups in total. The van der Waals surface area contributed by atoms with E-state index in [4.69, 9.17) is 0 Å². The number of hydrogen-bond acceptors (Lipinski definition) is 3. The smallest absolute Gasteiger partial charge is 0.150 e. The number of anilines is 1. The van der Waals surface area contributed by atoms with Crippen LogP contribution in [-0.2, 0) is 0 Å². The van der Waals surface area contributed by atoms with Gasteiger partial charge in [0.15, 0.2) is 0 Å². The van der Waals surface area contributed by atoms with Crippen molar-refractivity contribution in [1.82, 2.24) is 4.90 Å². The van der Waals surface area contributed by atoms with E-state index in [0.29, 0.717) is 5.56 Å².